The minimum absolute atomic E-state index is 0.233. The molecule has 1 aromatic rings. The largest absolute Gasteiger partial charge is 0.481 e. The molecule has 9 nitrogen and oxygen atoms in total. The van der Waals surface area contributed by atoms with Crippen LogP contribution in [0, 0.1) is 6.92 Å². The van der Waals surface area contributed by atoms with Crippen LogP contribution < -0.4 is 10.6 Å². The fourth-order valence-electron chi connectivity index (χ4n) is 1.18. The zero-order valence-corrected chi connectivity index (χ0v) is 10.3. The van der Waals surface area contributed by atoms with Crippen LogP contribution in [0.3, 0.4) is 0 Å². The molecule has 0 saturated carbocycles. The van der Waals surface area contributed by atoms with E-state index in [1.54, 1.807) is 6.92 Å². The summed E-state index contributed by atoms with van der Waals surface area (Å²) in [6.45, 7) is 1.88. The van der Waals surface area contributed by atoms with Gasteiger partial charge in [0.2, 0.25) is 11.8 Å². The fourth-order valence-corrected chi connectivity index (χ4v) is 1.18. The van der Waals surface area contributed by atoms with Crippen molar-refractivity contribution in [2.75, 3.05) is 6.54 Å². The first-order valence-electron chi connectivity index (χ1n) is 5.56. The van der Waals surface area contributed by atoms with Gasteiger partial charge in [-0.3, -0.25) is 14.9 Å². The number of aromatic nitrogens is 2. The number of aliphatic carboxylic acids is 1. The van der Waals surface area contributed by atoms with E-state index in [2.05, 4.69) is 15.5 Å². The van der Waals surface area contributed by atoms with Crippen LogP contribution in [0.2, 0.25) is 0 Å². The third-order valence-corrected chi connectivity index (χ3v) is 2.02. The van der Waals surface area contributed by atoms with Gasteiger partial charge in [0.15, 0.2) is 5.82 Å². The van der Waals surface area contributed by atoms with Gasteiger partial charge in [0, 0.05) is 26.3 Å². The Morgan fingerprint density at radius 3 is 2.63 bits per heavy atom. The molecule has 0 bridgehead atoms. The average molecular weight is 270 g/mol. The number of carbonyl (C=O) groups is 3. The maximum atomic E-state index is 11.2. The van der Waals surface area contributed by atoms with Gasteiger partial charge in [-0.25, -0.2) is 4.79 Å². The van der Waals surface area contributed by atoms with Crippen LogP contribution in [0.4, 0.5) is 4.79 Å². The van der Waals surface area contributed by atoms with Gasteiger partial charge in [0.25, 0.3) is 0 Å². The molecule has 1 heterocycles. The van der Waals surface area contributed by atoms with E-state index in [0.717, 1.165) is 0 Å². The second kappa shape index (κ2) is 7.09. The maximum absolute atomic E-state index is 11.2. The summed E-state index contributed by atoms with van der Waals surface area (Å²) in [5.41, 5.74) is 0. The molecule has 0 atom stereocenters. The van der Waals surface area contributed by atoms with Crippen LogP contribution >= 0.6 is 0 Å². The second-order valence-corrected chi connectivity index (χ2v) is 3.68. The van der Waals surface area contributed by atoms with Gasteiger partial charge >= 0.3 is 12.0 Å². The zero-order valence-electron chi connectivity index (χ0n) is 10.3. The van der Waals surface area contributed by atoms with Gasteiger partial charge in [-0.2, -0.15) is 4.98 Å². The van der Waals surface area contributed by atoms with E-state index < -0.39 is 17.9 Å². The van der Waals surface area contributed by atoms with Crippen LogP contribution in [0.5, 0.6) is 0 Å². The quantitative estimate of drug-likeness (QED) is 0.640. The highest BCUT2D eigenvalue weighted by Gasteiger charge is 2.09. The number of carbonyl (C=O) groups excluding carboxylic acids is 2. The summed E-state index contributed by atoms with van der Waals surface area (Å²) < 4.78 is 4.74. The van der Waals surface area contributed by atoms with E-state index in [0.29, 0.717) is 18.1 Å². The molecule has 3 N–H and O–H groups in total. The van der Waals surface area contributed by atoms with Crippen molar-refractivity contribution in [1.82, 2.24) is 20.8 Å². The minimum Gasteiger partial charge on any atom is -0.481 e. The molecule has 104 valence electrons. The van der Waals surface area contributed by atoms with Crippen LogP contribution in [0.15, 0.2) is 4.52 Å². The molecule has 0 aliphatic carbocycles. The van der Waals surface area contributed by atoms with Crippen molar-refractivity contribution in [1.29, 1.82) is 0 Å². The minimum atomic E-state index is -1.09. The SMILES string of the molecule is Cc1nc(CCNC(=O)NC(=O)CCC(=O)O)no1. The highest BCUT2D eigenvalue weighted by Crippen LogP contribution is 1.94. The lowest BCUT2D eigenvalue weighted by atomic mass is 10.3. The Balaban J connectivity index is 2.17. The molecule has 1 rings (SSSR count). The van der Waals surface area contributed by atoms with Crippen molar-refractivity contribution in [3.05, 3.63) is 11.7 Å². The Bertz CT molecular complexity index is 470. The Labute approximate surface area is 108 Å². The lowest BCUT2D eigenvalue weighted by Gasteiger charge is -2.04. The molecule has 0 aliphatic heterocycles. The third kappa shape index (κ3) is 6.15. The van der Waals surface area contributed by atoms with Crippen molar-refractivity contribution >= 4 is 17.9 Å². The Morgan fingerprint density at radius 2 is 2.05 bits per heavy atom. The van der Waals surface area contributed by atoms with Crippen LogP contribution in [0.1, 0.15) is 24.6 Å². The lowest BCUT2D eigenvalue weighted by molar-refractivity contribution is -0.138. The molecule has 0 fully saturated rings. The van der Waals surface area contributed by atoms with Crippen molar-refractivity contribution in [3.8, 4) is 0 Å². The highest BCUT2D eigenvalue weighted by molar-refractivity contribution is 5.95. The molecule has 0 aliphatic rings. The molecule has 9 heteroatoms. The molecule has 0 aromatic carbocycles. The highest BCUT2D eigenvalue weighted by atomic mass is 16.5. The van der Waals surface area contributed by atoms with Crippen molar-refractivity contribution < 1.29 is 24.0 Å². The van der Waals surface area contributed by atoms with Gasteiger partial charge in [0.05, 0.1) is 6.42 Å². The summed E-state index contributed by atoms with van der Waals surface area (Å²) in [4.78, 5) is 36.5. The van der Waals surface area contributed by atoms with E-state index >= 15 is 0 Å². The van der Waals surface area contributed by atoms with E-state index in [1.807, 2.05) is 5.32 Å². The fraction of sp³-hybridized carbons (Fsp3) is 0.500. The normalized spacial score (nSPS) is 9.95. The van der Waals surface area contributed by atoms with Crippen molar-refractivity contribution in [3.63, 3.8) is 0 Å². The second-order valence-electron chi connectivity index (χ2n) is 3.68. The topological polar surface area (TPSA) is 134 Å². The summed E-state index contributed by atoms with van der Waals surface area (Å²) in [7, 11) is 0. The number of hydrogen-bond donors (Lipinski definition) is 3. The molecular weight excluding hydrogens is 256 g/mol. The first-order chi connectivity index (χ1) is 8.97. The molecule has 1 aromatic heterocycles. The van der Waals surface area contributed by atoms with Crippen LogP contribution in [-0.2, 0) is 16.0 Å². The van der Waals surface area contributed by atoms with E-state index in [-0.39, 0.29) is 19.4 Å². The number of nitrogens with one attached hydrogen (secondary N) is 2. The van der Waals surface area contributed by atoms with Crippen molar-refractivity contribution in [2.45, 2.75) is 26.2 Å². The van der Waals surface area contributed by atoms with E-state index in [4.69, 9.17) is 9.63 Å². The number of urea groups is 1. The third-order valence-electron chi connectivity index (χ3n) is 2.02. The van der Waals surface area contributed by atoms with Crippen molar-refractivity contribution in [2.24, 2.45) is 0 Å². The smallest absolute Gasteiger partial charge is 0.321 e. The number of aryl methyl sites for hydroxylation is 1. The van der Waals surface area contributed by atoms with Gasteiger partial charge in [-0.05, 0) is 0 Å². The molecule has 3 amide bonds. The summed E-state index contributed by atoms with van der Waals surface area (Å²) in [6, 6.07) is -0.685. The summed E-state index contributed by atoms with van der Waals surface area (Å²) in [6.07, 6.45) is -0.192. The van der Waals surface area contributed by atoms with Crippen LogP contribution in [-0.4, -0.2) is 39.7 Å². The summed E-state index contributed by atoms with van der Waals surface area (Å²) >= 11 is 0. The van der Waals surface area contributed by atoms with Gasteiger partial charge in [0.1, 0.15) is 0 Å². The van der Waals surface area contributed by atoms with E-state index in [1.165, 1.54) is 0 Å². The summed E-state index contributed by atoms with van der Waals surface area (Å²) in [5, 5.41) is 16.4. The molecule has 0 radical (unpaired) electrons. The van der Waals surface area contributed by atoms with Gasteiger partial charge in [-0.15, -0.1) is 0 Å². The molecule has 0 saturated heterocycles. The lowest BCUT2D eigenvalue weighted by Crippen LogP contribution is -2.40. The Kier molecular flexibility index (Phi) is 5.45. The number of carboxylic acid groups (broad SMARTS) is 1. The Morgan fingerprint density at radius 1 is 1.32 bits per heavy atom. The molecular formula is C10H14N4O5. The standard InChI is InChI=1S/C10H14N4O5/c1-6-12-7(14-19-6)4-5-11-10(18)13-8(15)2-3-9(16)17/h2-5H2,1H3,(H,16,17)(H2,11,13,15,18). The summed E-state index contributed by atoms with van der Waals surface area (Å²) in [5.74, 6) is -0.850. The number of nitrogens with zero attached hydrogens (tertiary/aromatic N) is 2. The average Bonchev–Trinajstić information content (AvgIpc) is 2.72. The number of carboxylic acids is 1. The Hall–Kier alpha value is -2.45. The predicted octanol–water partition coefficient (Wildman–Crippen LogP) is -0.389. The molecule has 19 heavy (non-hydrogen) atoms. The van der Waals surface area contributed by atoms with Gasteiger partial charge in [-0.1, -0.05) is 5.16 Å². The number of amides is 3. The van der Waals surface area contributed by atoms with Crippen LogP contribution in [0.25, 0.3) is 0 Å². The predicted molar refractivity (Wildman–Crippen MR) is 61.2 cm³/mol. The number of hydrogen-bond acceptors (Lipinski definition) is 6. The maximum Gasteiger partial charge on any atom is 0.321 e. The monoisotopic (exact) mass is 270 g/mol. The molecule has 0 spiro atoms. The van der Waals surface area contributed by atoms with E-state index in [9.17, 15) is 14.4 Å². The number of rotatable bonds is 6. The number of imide groups is 1. The first-order valence-corrected chi connectivity index (χ1v) is 5.56. The first kappa shape index (κ1) is 14.6. The molecule has 0 unspecified atom stereocenters. The van der Waals surface area contributed by atoms with Gasteiger partial charge < -0.3 is 14.9 Å². The zero-order chi connectivity index (χ0) is 14.3.